The lowest BCUT2D eigenvalue weighted by Crippen LogP contribution is -2.47. The van der Waals surface area contributed by atoms with E-state index in [1.54, 1.807) is 13.8 Å². The van der Waals surface area contributed by atoms with Gasteiger partial charge in [0.25, 0.3) is 0 Å². The molecule has 0 heterocycles. The van der Waals surface area contributed by atoms with Crippen LogP contribution in [-0.2, 0) is 16.4 Å². The average molecular weight is 557 g/mol. The first-order chi connectivity index (χ1) is 13.6. The minimum absolute atomic E-state index is 0. The maximum absolute atomic E-state index is 11.5. The molecule has 0 aliphatic heterocycles. The van der Waals surface area contributed by atoms with Crippen LogP contribution in [0.15, 0.2) is 23.2 Å². The zero-order valence-corrected chi connectivity index (χ0v) is 22.0. The molecule has 0 aromatic heterocycles. The molecule has 0 radical (unpaired) electrons. The van der Waals surface area contributed by atoms with Gasteiger partial charge in [-0.25, -0.2) is 13.1 Å². The molecule has 1 aromatic carbocycles. The molecule has 0 aliphatic carbocycles. The first-order valence-corrected chi connectivity index (χ1v) is 11.9. The molecule has 174 valence electrons. The van der Waals surface area contributed by atoms with Crippen LogP contribution in [-0.4, -0.2) is 59.0 Å². The summed E-state index contributed by atoms with van der Waals surface area (Å²) in [6.45, 7) is 12.3. The van der Waals surface area contributed by atoms with E-state index in [-0.39, 0.29) is 24.0 Å². The Kier molecular flexibility index (Phi) is 13.3. The summed E-state index contributed by atoms with van der Waals surface area (Å²) in [5.41, 5.74) is 0.455. The highest BCUT2D eigenvalue weighted by atomic mass is 127. The molecule has 1 rings (SSSR count). The molecule has 10 heteroatoms. The highest BCUT2D eigenvalue weighted by Crippen LogP contribution is 2.28. The molecule has 1 aromatic rings. The highest BCUT2D eigenvalue weighted by molar-refractivity contribution is 14.0. The monoisotopic (exact) mass is 556 g/mol. The van der Waals surface area contributed by atoms with Crippen LogP contribution in [0.25, 0.3) is 0 Å². The van der Waals surface area contributed by atoms with Crippen molar-refractivity contribution in [1.29, 1.82) is 0 Å². The largest absolute Gasteiger partial charge is 0.490 e. The number of rotatable bonds is 12. The number of sulfonamides is 1. The Morgan fingerprint density at radius 1 is 1.07 bits per heavy atom. The number of benzene rings is 1. The number of halogens is 1. The van der Waals surface area contributed by atoms with Gasteiger partial charge in [0.15, 0.2) is 17.5 Å². The zero-order chi connectivity index (χ0) is 21.9. The summed E-state index contributed by atoms with van der Waals surface area (Å²) in [6.07, 6.45) is 1.93. The molecular formula is C20H37IN4O4S. The van der Waals surface area contributed by atoms with Crippen LogP contribution in [0, 0.1) is 0 Å². The second-order valence-corrected chi connectivity index (χ2v) is 9.03. The lowest BCUT2D eigenvalue weighted by atomic mass is 10.1. The Balaban J connectivity index is 0.00000841. The molecule has 0 amide bonds. The Morgan fingerprint density at radius 2 is 1.70 bits per heavy atom. The van der Waals surface area contributed by atoms with E-state index in [1.807, 2.05) is 39.0 Å². The number of nitrogens with zero attached hydrogens (tertiary/aromatic N) is 1. The van der Waals surface area contributed by atoms with Crippen LogP contribution >= 0.6 is 24.0 Å². The van der Waals surface area contributed by atoms with Crippen LogP contribution in [0.3, 0.4) is 0 Å². The van der Waals surface area contributed by atoms with E-state index in [9.17, 15) is 8.42 Å². The number of aliphatic imine (C=N–C) groups is 1. The Morgan fingerprint density at radius 3 is 2.27 bits per heavy atom. The second-order valence-electron chi connectivity index (χ2n) is 7.28. The van der Waals surface area contributed by atoms with Gasteiger partial charge >= 0.3 is 0 Å². The molecule has 30 heavy (non-hydrogen) atoms. The van der Waals surface area contributed by atoms with Crippen LogP contribution in [0.5, 0.6) is 11.5 Å². The number of ether oxygens (including phenoxy) is 2. The molecule has 0 bridgehead atoms. The predicted octanol–water partition coefficient (Wildman–Crippen LogP) is 2.53. The Bertz CT molecular complexity index is 770. The number of hydrogen-bond acceptors (Lipinski definition) is 5. The maximum atomic E-state index is 11.5. The van der Waals surface area contributed by atoms with Crippen molar-refractivity contribution in [3.63, 3.8) is 0 Å². The van der Waals surface area contributed by atoms with Crippen LogP contribution in [0.2, 0.25) is 0 Å². The summed E-state index contributed by atoms with van der Waals surface area (Å²) in [7, 11) is -3.29. The molecule has 8 nitrogen and oxygen atoms in total. The minimum atomic E-state index is -3.29. The smallest absolute Gasteiger partial charge is 0.209 e. The van der Waals surface area contributed by atoms with Gasteiger partial charge in [-0.2, -0.15) is 0 Å². The van der Waals surface area contributed by atoms with Crippen molar-refractivity contribution in [2.75, 3.05) is 39.1 Å². The van der Waals surface area contributed by atoms with Crippen molar-refractivity contribution in [1.82, 2.24) is 15.4 Å². The molecule has 0 saturated heterocycles. The summed E-state index contributed by atoms with van der Waals surface area (Å²) in [4.78, 5) is 4.51. The van der Waals surface area contributed by atoms with Gasteiger partial charge in [0.1, 0.15) is 0 Å². The topological polar surface area (TPSA) is 101 Å². The van der Waals surface area contributed by atoms with E-state index < -0.39 is 15.6 Å². The number of guanidine groups is 1. The van der Waals surface area contributed by atoms with Crippen molar-refractivity contribution in [3.05, 3.63) is 23.8 Å². The second kappa shape index (κ2) is 13.9. The van der Waals surface area contributed by atoms with Crippen LogP contribution in [0.4, 0.5) is 0 Å². The third-order valence-corrected chi connectivity index (χ3v) is 4.68. The van der Waals surface area contributed by atoms with Crippen molar-refractivity contribution >= 4 is 40.0 Å². The predicted molar refractivity (Wildman–Crippen MR) is 134 cm³/mol. The van der Waals surface area contributed by atoms with Gasteiger partial charge in [0.2, 0.25) is 10.0 Å². The van der Waals surface area contributed by atoms with E-state index >= 15 is 0 Å². The van der Waals surface area contributed by atoms with E-state index in [2.05, 4.69) is 20.3 Å². The van der Waals surface area contributed by atoms with E-state index in [0.717, 1.165) is 29.7 Å². The van der Waals surface area contributed by atoms with Gasteiger partial charge in [-0.05, 0) is 58.7 Å². The van der Waals surface area contributed by atoms with E-state index in [1.165, 1.54) is 0 Å². The summed E-state index contributed by atoms with van der Waals surface area (Å²) >= 11 is 0. The highest BCUT2D eigenvalue weighted by Gasteiger charge is 2.21. The summed E-state index contributed by atoms with van der Waals surface area (Å²) in [5.74, 6) is 2.15. The quantitative estimate of drug-likeness (QED) is 0.208. The molecule has 0 unspecified atom stereocenters. The van der Waals surface area contributed by atoms with Crippen molar-refractivity contribution in [3.8, 4) is 11.5 Å². The molecule has 0 fully saturated rings. The zero-order valence-electron chi connectivity index (χ0n) is 18.9. The third kappa shape index (κ3) is 11.8. The SMILES string of the molecule is CCNC(=NCC(C)(C)NS(C)(=O)=O)NCCc1ccc(OCC)c(OCC)c1.I. The maximum Gasteiger partial charge on any atom is 0.209 e. The van der Waals surface area contributed by atoms with E-state index in [4.69, 9.17) is 9.47 Å². The standard InChI is InChI=1S/C20H36N4O4S.HI/c1-7-21-19(23-15-20(4,5)24-29(6,25)26)22-13-12-16-10-11-17(27-8-2)18(14-16)28-9-3;/h10-11,14,24H,7-9,12-13,15H2,1-6H3,(H2,21,22,23);1H. The lowest BCUT2D eigenvalue weighted by Gasteiger charge is -2.23. The van der Waals surface area contributed by atoms with Gasteiger partial charge in [-0.3, -0.25) is 4.99 Å². The third-order valence-electron chi connectivity index (χ3n) is 3.75. The first kappa shape index (κ1) is 28.7. The molecule has 3 N–H and O–H groups in total. The molecule has 0 saturated carbocycles. The van der Waals surface area contributed by atoms with Gasteiger partial charge in [-0.1, -0.05) is 6.07 Å². The van der Waals surface area contributed by atoms with Crippen LogP contribution < -0.4 is 24.8 Å². The summed E-state index contributed by atoms with van der Waals surface area (Å²) in [6, 6.07) is 5.96. The van der Waals surface area contributed by atoms with Gasteiger partial charge in [0.05, 0.1) is 26.0 Å². The van der Waals surface area contributed by atoms with Gasteiger partial charge < -0.3 is 20.1 Å². The number of hydrogen-bond donors (Lipinski definition) is 3. The fourth-order valence-electron chi connectivity index (χ4n) is 2.73. The summed E-state index contributed by atoms with van der Waals surface area (Å²) < 4.78 is 36.8. The molecule has 0 aliphatic rings. The molecular weight excluding hydrogens is 519 g/mol. The normalized spacial score (nSPS) is 12.1. The Hall–Kier alpha value is -1.27. The van der Waals surface area contributed by atoms with Crippen LogP contribution in [0.1, 0.15) is 40.2 Å². The summed E-state index contributed by atoms with van der Waals surface area (Å²) in [5, 5.41) is 6.46. The fourth-order valence-corrected chi connectivity index (χ4v) is 3.80. The Labute approximate surface area is 198 Å². The average Bonchev–Trinajstić information content (AvgIpc) is 2.60. The van der Waals surface area contributed by atoms with E-state index in [0.29, 0.717) is 38.8 Å². The minimum Gasteiger partial charge on any atom is -0.490 e. The molecule has 0 atom stereocenters. The van der Waals surface area contributed by atoms with Gasteiger partial charge in [-0.15, -0.1) is 24.0 Å². The van der Waals surface area contributed by atoms with Gasteiger partial charge in [0, 0.05) is 18.6 Å². The molecule has 0 spiro atoms. The lowest BCUT2D eigenvalue weighted by molar-refractivity contribution is 0.287. The fraction of sp³-hybridized carbons (Fsp3) is 0.650. The first-order valence-electron chi connectivity index (χ1n) is 9.99. The van der Waals surface area contributed by atoms with Crippen molar-refractivity contribution in [2.24, 2.45) is 4.99 Å². The number of nitrogens with one attached hydrogen (secondary N) is 3. The van der Waals surface area contributed by atoms with Crippen molar-refractivity contribution in [2.45, 2.75) is 46.6 Å². The van der Waals surface area contributed by atoms with Crippen molar-refractivity contribution < 1.29 is 17.9 Å².